The van der Waals surface area contributed by atoms with Crippen LogP contribution >= 0.6 is 0 Å². The fraction of sp³-hybridized carbons (Fsp3) is 0.211. The Morgan fingerprint density at radius 1 is 1.12 bits per heavy atom. The average molecular weight is 364 g/mol. The molecule has 7 heteroatoms. The smallest absolute Gasteiger partial charge is 0.334 e. The monoisotopic (exact) mass is 364 g/mol. The van der Waals surface area contributed by atoms with Gasteiger partial charge in [-0.05, 0) is 42.3 Å². The highest BCUT2D eigenvalue weighted by Crippen LogP contribution is 2.29. The fourth-order valence-electron chi connectivity index (χ4n) is 2.11. The van der Waals surface area contributed by atoms with Gasteiger partial charge < -0.3 is 10.6 Å². The summed E-state index contributed by atoms with van der Waals surface area (Å²) in [6.07, 6.45) is -4.42. The summed E-state index contributed by atoms with van der Waals surface area (Å²) in [6.45, 7) is 1.82. The first kappa shape index (κ1) is 19.3. The van der Waals surface area contributed by atoms with Crippen LogP contribution in [0.4, 0.5) is 22.4 Å². The van der Waals surface area contributed by atoms with Crippen molar-refractivity contribution >= 4 is 6.03 Å². The summed E-state index contributed by atoms with van der Waals surface area (Å²) in [5.41, 5.74) is 0.666. The molecule has 3 nitrogen and oxygen atoms in total. The van der Waals surface area contributed by atoms with Crippen LogP contribution in [0.3, 0.4) is 0 Å². The van der Waals surface area contributed by atoms with Crippen molar-refractivity contribution in [3.8, 4) is 11.8 Å². The van der Waals surface area contributed by atoms with Gasteiger partial charge in [0.25, 0.3) is 0 Å². The van der Waals surface area contributed by atoms with E-state index in [-0.39, 0.29) is 24.5 Å². The van der Waals surface area contributed by atoms with Crippen LogP contribution in [0.15, 0.2) is 42.5 Å². The van der Waals surface area contributed by atoms with Gasteiger partial charge in [-0.1, -0.05) is 30.0 Å². The molecular weight excluding hydrogens is 348 g/mol. The zero-order chi connectivity index (χ0) is 19.2. The van der Waals surface area contributed by atoms with Crippen molar-refractivity contribution in [3.63, 3.8) is 0 Å². The number of carbonyl (C=O) groups excluding carboxylic acids is 1. The van der Waals surface area contributed by atoms with Gasteiger partial charge in [0.15, 0.2) is 0 Å². The highest BCUT2D eigenvalue weighted by Gasteiger charge is 2.30. The molecule has 2 amide bonds. The maximum Gasteiger partial charge on any atom is 0.416 e. The van der Waals surface area contributed by atoms with Crippen molar-refractivity contribution in [3.05, 3.63) is 70.5 Å². The summed E-state index contributed by atoms with van der Waals surface area (Å²) in [4.78, 5) is 11.7. The summed E-state index contributed by atoms with van der Waals surface area (Å²) in [5.74, 6) is 4.84. The second-order valence-electron chi connectivity index (χ2n) is 5.50. The lowest BCUT2D eigenvalue weighted by Crippen LogP contribution is -2.35. The molecule has 0 spiro atoms. The quantitative estimate of drug-likeness (QED) is 0.627. The van der Waals surface area contributed by atoms with E-state index in [0.717, 1.165) is 17.7 Å². The van der Waals surface area contributed by atoms with E-state index in [9.17, 15) is 22.4 Å². The topological polar surface area (TPSA) is 41.1 Å². The van der Waals surface area contributed by atoms with Crippen LogP contribution in [0.5, 0.6) is 0 Å². The molecule has 136 valence electrons. The number of halogens is 4. The first-order valence-corrected chi connectivity index (χ1v) is 7.68. The van der Waals surface area contributed by atoms with Crippen molar-refractivity contribution < 1.29 is 22.4 Å². The van der Waals surface area contributed by atoms with Crippen molar-refractivity contribution in [2.75, 3.05) is 6.54 Å². The van der Waals surface area contributed by atoms with Gasteiger partial charge in [-0.3, -0.25) is 0 Å². The Bertz CT molecular complexity index is 851. The predicted molar refractivity (Wildman–Crippen MR) is 89.7 cm³/mol. The van der Waals surface area contributed by atoms with E-state index in [1.807, 2.05) is 0 Å². The number of rotatable bonds is 3. The van der Waals surface area contributed by atoms with E-state index in [1.54, 1.807) is 19.1 Å². The molecule has 0 saturated carbocycles. The molecule has 0 unspecified atom stereocenters. The van der Waals surface area contributed by atoms with Crippen molar-refractivity contribution in [1.82, 2.24) is 10.6 Å². The Labute approximate surface area is 148 Å². The number of alkyl halides is 3. The lowest BCUT2D eigenvalue weighted by molar-refractivity contribution is -0.137. The maximum atomic E-state index is 13.2. The first-order valence-electron chi connectivity index (χ1n) is 7.68. The molecule has 0 fully saturated rings. The third-order valence-electron chi connectivity index (χ3n) is 3.44. The molecule has 2 aromatic carbocycles. The van der Waals surface area contributed by atoms with E-state index < -0.39 is 17.8 Å². The number of amides is 2. The SMILES string of the molecule is Cc1cc(CNC(=O)NCC#Cc2cccc(C(F)(F)F)c2)ccc1F. The van der Waals surface area contributed by atoms with Crippen molar-refractivity contribution in [2.24, 2.45) is 0 Å². The van der Waals surface area contributed by atoms with Crippen LogP contribution in [0.2, 0.25) is 0 Å². The van der Waals surface area contributed by atoms with E-state index in [0.29, 0.717) is 5.56 Å². The number of aryl methyl sites for hydroxylation is 1. The van der Waals surface area contributed by atoms with E-state index in [1.165, 1.54) is 18.2 Å². The molecule has 2 N–H and O–H groups in total. The largest absolute Gasteiger partial charge is 0.416 e. The Morgan fingerprint density at radius 3 is 2.58 bits per heavy atom. The molecule has 0 aliphatic heterocycles. The zero-order valence-corrected chi connectivity index (χ0v) is 13.9. The van der Waals surface area contributed by atoms with Gasteiger partial charge in [-0.15, -0.1) is 0 Å². The van der Waals surface area contributed by atoms with Gasteiger partial charge in [0.2, 0.25) is 0 Å². The number of carbonyl (C=O) groups is 1. The standard InChI is InChI=1S/C19H16F4N2O/c1-13-10-15(7-8-17(13)20)12-25-18(26)24-9-3-5-14-4-2-6-16(11-14)19(21,22)23/h2,4,6-8,10-11H,9,12H2,1H3,(H2,24,25,26). The summed E-state index contributed by atoms with van der Waals surface area (Å²) in [5, 5.41) is 5.06. The molecule has 0 aliphatic carbocycles. The number of nitrogens with one attached hydrogen (secondary N) is 2. The van der Waals surface area contributed by atoms with Gasteiger partial charge in [0.1, 0.15) is 5.82 Å². The molecule has 0 saturated heterocycles. The molecule has 0 atom stereocenters. The Balaban J connectivity index is 1.82. The second-order valence-corrected chi connectivity index (χ2v) is 5.50. The lowest BCUT2D eigenvalue weighted by Gasteiger charge is -2.07. The van der Waals surface area contributed by atoms with Crippen molar-refractivity contribution in [2.45, 2.75) is 19.6 Å². The molecule has 0 aliphatic rings. The highest BCUT2D eigenvalue weighted by molar-refractivity contribution is 5.74. The molecule has 0 bridgehead atoms. The molecule has 0 aromatic heterocycles. The Kier molecular flexibility index (Phi) is 6.23. The van der Waals surface area contributed by atoms with Gasteiger partial charge in [-0.25, -0.2) is 9.18 Å². The number of urea groups is 1. The Morgan fingerprint density at radius 2 is 1.88 bits per heavy atom. The summed E-state index contributed by atoms with van der Waals surface area (Å²) in [6, 6.07) is 8.68. The Hall–Kier alpha value is -3.01. The molecule has 2 aromatic rings. The van der Waals surface area contributed by atoms with E-state index in [2.05, 4.69) is 22.5 Å². The van der Waals surface area contributed by atoms with E-state index >= 15 is 0 Å². The normalized spacial score (nSPS) is 10.7. The molecule has 0 heterocycles. The molecule has 0 radical (unpaired) electrons. The average Bonchev–Trinajstić information content (AvgIpc) is 2.59. The summed E-state index contributed by atoms with van der Waals surface area (Å²) < 4.78 is 51.0. The number of hydrogen-bond donors (Lipinski definition) is 2. The second kappa shape index (κ2) is 8.39. The minimum atomic E-state index is -4.42. The fourth-order valence-corrected chi connectivity index (χ4v) is 2.11. The van der Waals surface area contributed by atoms with Gasteiger partial charge in [0, 0.05) is 12.1 Å². The minimum Gasteiger partial charge on any atom is -0.334 e. The maximum absolute atomic E-state index is 13.2. The van der Waals surface area contributed by atoms with Crippen LogP contribution in [-0.2, 0) is 12.7 Å². The van der Waals surface area contributed by atoms with Crippen LogP contribution in [0.1, 0.15) is 22.3 Å². The highest BCUT2D eigenvalue weighted by atomic mass is 19.4. The summed E-state index contributed by atoms with van der Waals surface area (Å²) >= 11 is 0. The van der Waals surface area contributed by atoms with Gasteiger partial charge in [-0.2, -0.15) is 13.2 Å². The molecule has 26 heavy (non-hydrogen) atoms. The third kappa shape index (κ3) is 5.81. The molecule has 2 rings (SSSR count). The molecular formula is C19H16F4N2O. The third-order valence-corrected chi connectivity index (χ3v) is 3.44. The van der Waals surface area contributed by atoms with Crippen LogP contribution < -0.4 is 10.6 Å². The minimum absolute atomic E-state index is 0.0233. The van der Waals surface area contributed by atoms with Crippen LogP contribution in [-0.4, -0.2) is 12.6 Å². The zero-order valence-electron chi connectivity index (χ0n) is 13.9. The van der Waals surface area contributed by atoms with Gasteiger partial charge >= 0.3 is 12.2 Å². The van der Waals surface area contributed by atoms with Crippen LogP contribution in [0, 0.1) is 24.6 Å². The summed E-state index contributed by atoms with van der Waals surface area (Å²) in [7, 11) is 0. The van der Waals surface area contributed by atoms with Gasteiger partial charge in [0.05, 0.1) is 12.1 Å². The number of hydrogen-bond acceptors (Lipinski definition) is 1. The predicted octanol–water partition coefficient (Wildman–Crippen LogP) is 4.00. The number of benzene rings is 2. The van der Waals surface area contributed by atoms with Crippen molar-refractivity contribution in [1.29, 1.82) is 0 Å². The van der Waals surface area contributed by atoms with Crippen LogP contribution in [0.25, 0.3) is 0 Å². The lowest BCUT2D eigenvalue weighted by atomic mass is 10.1. The first-order chi connectivity index (χ1) is 12.3. The van der Waals surface area contributed by atoms with E-state index in [4.69, 9.17) is 0 Å².